The summed E-state index contributed by atoms with van der Waals surface area (Å²) in [4.78, 5) is 18.6. The van der Waals surface area contributed by atoms with Gasteiger partial charge in [0.05, 0.1) is 18.2 Å². The number of para-hydroxylation sites is 1. The maximum absolute atomic E-state index is 13.3. The number of aryl methyl sites for hydroxylation is 1. The summed E-state index contributed by atoms with van der Waals surface area (Å²) in [5, 5.41) is 23.6. The fourth-order valence-electron chi connectivity index (χ4n) is 4.52. The second-order valence-electron chi connectivity index (χ2n) is 8.44. The number of tetrazole rings is 1. The first-order chi connectivity index (χ1) is 15.6. The largest absolute Gasteiger partial charge is 0.393 e. The molecule has 32 heavy (non-hydrogen) atoms. The van der Waals surface area contributed by atoms with Gasteiger partial charge in [0.25, 0.3) is 5.56 Å². The molecular weight excluding hydrogens is 404 g/mol. The van der Waals surface area contributed by atoms with Crippen LogP contribution in [0.1, 0.15) is 41.4 Å². The van der Waals surface area contributed by atoms with Gasteiger partial charge in [-0.3, -0.25) is 9.69 Å². The van der Waals surface area contributed by atoms with E-state index in [0.29, 0.717) is 43.9 Å². The molecule has 2 N–H and O–H groups in total. The Morgan fingerprint density at radius 3 is 2.69 bits per heavy atom. The molecule has 0 radical (unpaired) electrons. The Kier molecular flexibility index (Phi) is 5.55. The molecule has 0 aliphatic carbocycles. The lowest BCUT2D eigenvalue weighted by Gasteiger charge is -2.35. The normalized spacial score (nSPS) is 16.4. The van der Waals surface area contributed by atoms with Crippen molar-refractivity contribution >= 4 is 10.9 Å². The SMILES string of the molecule is Cc1cccc2cc([C@H](c3nnnn3Cc3ccccc3)N3CCC(O)CC3)c(=O)[nH]c12. The predicted octanol–water partition coefficient (Wildman–Crippen LogP) is 2.42. The van der Waals surface area contributed by atoms with Crippen LogP contribution in [0.5, 0.6) is 0 Å². The molecule has 0 saturated carbocycles. The van der Waals surface area contributed by atoms with Crippen LogP contribution >= 0.6 is 0 Å². The minimum atomic E-state index is -0.408. The van der Waals surface area contributed by atoms with Crippen LogP contribution in [0.2, 0.25) is 0 Å². The van der Waals surface area contributed by atoms with Gasteiger partial charge in [-0.05, 0) is 52.8 Å². The van der Waals surface area contributed by atoms with Crippen LogP contribution in [-0.4, -0.2) is 54.4 Å². The van der Waals surface area contributed by atoms with Gasteiger partial charge in [-0.2, -0.15) is 0 Å². The highest BCUT2D eigenvalue weighted by molar-refractivity contribution is 5.82. The Morgan fingerprint density at radius 2 is 1.91 bits per heavy atom. The van der Waals surface area contributed by atoms with Crippen LogP contribution in [0.15, 0.2) is 59.4 Å². The molecule has 1 atom stereocenters. The molecule has 8 heteroatoms. The number of H-pyrrole nitrogens is 1. The van der Waals surface area contributed by atoms with Crippen molar-refractivity contribution in [3.63, 3.8) is 0 Å². The van der Waals surface area contributed by atoms with Crippen molar-refractivity contribution in [3.8, 4) is 0 Å². The summed E-state index contributed by atoms with van der Waals surface area (Å²) in [5.74, 6) is 0.628. The summed E-state index contributed by atoms with van der Waals surface area (Å²) in [6, 6.07) is 17.5. The summed E-state index contributed by atoms with van der Waals surface area (Å²) in [6.45, 7) is 3.83. The van der Waals surface area contributed by atoms with Crippen LogP contribution in [0.25, 0.3) is 10.9 Å². The van der Waals surface area contributed by atoms with E-state index in [1.807, 2.05) is 61.5 Å². The van der Waals surface area contributed by atoms with Crippen molar-refractivity contribution in [1.82, 2.24) is 30.1 Å². The first-order valence-corrected chi connectivity index (χ1v) is 10.9. The van der Waals surface area contributed by atoms with Crippen LogP contribution in [-0.2, 0) is 6.54 Å². The van der Waals surface area contributed by atoms with Crippen molar-refractivity contribution < 1.29 is 5.11 Å². The third-order valence-electron chi connectivity index (χ3n) is 6.25. The second-order valence-corrected chi connectivity index (χ2v) is 8.44. The number of hydrogen-bond donors (Lipinski definition) is 2. The van der Waals surface area contributed by atoms with E-state index in [9.17, 15) is 9.90 Å². The monoisotopic (exact) mass is 430 g/mol. The molecule has 5 rings (SSSR count). The number of aliphatic hydroxyl groups excluding tert-OH is 1. The number of piperidine rings is 1. The first kappa shape index (κ1) is 20.5. The minimum Gasteiger partial charge on any atom is -0.393 e. The molecule has 1 saturated heterocycles. The highest BCUT2D eigenvalue weighted by Crippen LogP contribution is 2.30. The van der Waals surface area contributed by atoms with E-state index in [1.54, 1.807) is 4.68 Å². The summed E-state index contributed by atoms with van der Waals surface area (Å²) >= 11 is 0. The van der Waals surface area contributed by atoms with E-state index in [4.69, 9.17) is 0 Å². The Hall–Kier alpha value is -3.36. The number of hydrogen-bond acceptors (Lipinski definition) is 6. The van der Waals surface area contributed by atoms with Gasteiger partial charge in [0, 0.05) is 18.7 Å². The highest BCUT2D eigenvalue weighted by atomic mass is 16.3. The Morgan fingerprint density at radius 1 is 1.12 bits per heavy atom. The van der Waals surface area contributed by atoms with Gasteiger partial charge in [0.15, 0.2) is 5.82 Å². The van der Waals surface area contributed by atoms with E-state index >= 15 is 0 Å². The summed E-state index contributed by atoms with van der Waals surface area (Å²) in [7, 11) is 0. The zero-order valence-corrected chi connectivity index (χ0v) is 18.0. The molecule has 0 unspecified atom stereocenters. The smallest absolute Gasteiger partial charge is 0.253 e. The molecule has 1 aliphatic heterocycles. The molecular formula is C24H26N6O2. The molecule has 2 aromatic carbocycles. The lowest BCUT2D eigenvalue weighted by molar-refractivity contribution is 0.0659. The topological polar surface area (TPSA) is 99.9 Å². The standard InChI is InChI=1S/C24H26N6O2/c1-16-6-5-9-18-14-20(24(32)25-21(16)18)22(29-12-10-19(31)11-13-29)23-26-27-28-30(23)15-17-7-3-2-4-8-17/h2-9,14,19,22,31H,10-13,15H2,1H3,(H,25,32)/t22-/m1/s1. The van der Waals surface area contributed by atoms with E-state index in [1.165, 1.54) is 0 Å². The zero-order valence-electron chi connectivity index (χ0n) is 18.0. The number of fused-ring (bicyclic) bond motifs is 1. The number of nitrogens with zero attached hydrogens (tertiary/aromatic N) is 5. The molecule has 0 amide bonds. The number of aromatic nitrogens is 5. The number of likely N-dealkylation sites (tertiary alicyclic amines) is 1. The highest BCUT2D eigenvalue weighted by Gasteiger charge is 2.32. The Labute approximate surface area is 185 Å². The van der Waals surface area contributed by atoms with Gasteiger partial charge < -0.3 is 10.1 Å². The van der Waals surface area contributed by atoms with Crippen molar-refractivity contribution in [1.29, 1.82) is 0 Å². The maximum atomic E-state index is 13.3. The molecule has 0 spiro atoms. The minimum absolute atomic E-state index is 0.141. The number of pyridine rings is 1. The average Bonchev–Trinajstić information content (AvgIpc) is 3.24. The fraction of sp³-hybridized carbons (Fsp3) is 0.333. The molecule has 0 bridgehead atoms. The Balaban J connectivity index is 1.62. The van der Waals surface area contributed by atoms with Gasteiger partial charge in [-0.15, -0.1) is 5.10 Å². The summed E-state index contributed by atoms with van der Waals surface area (Å²) in [5.41, 5.74) is 3.42. The van der Waals surface area contributed by atoms with Crippen molar-refractivity contribution in [2.24, 2.45) is 0 Å². The predicted molar refractivity (Wildman–Crippen MR) is 121 cm³/mol. The lowest BCUT2D eigenvalue weighted by Crippen LogP contribution is -2.41. The quantitative estimate of drug-likeness (QED) is 0.504. The fourth-order valence-corrected chi connectivity index (χ4v) is 4.52. The molecule has 2 aromatic heterocycles. The number of benzene rings is 2. The van der Waals surface area contributed by atoms with E-state index in [0.717, 1.165) is 22.0 Å². The first-order valence-electron chi connectivity index (χ1n) is 10.9. The summed E-state index contributed by atoms with van der Waals surface area (Å²) in [6.07, 6.45) is 0.993. The van der Waals surface area contributed by atoms with Crippen molar-refractivity contribution in [2.45, 2.75) is 38.5 Å². The van der Waals surface area contributed by atoms with Gasteiger partial charge in [0.2, 0.25) is 0 Å². The van der Waals surface area contributed by atoms with Crippen molar-refractivity contribution in [3.05, 3.63) is 87.5 Å². The van der Waals surface area contributed by atoms with E-state index < -0.39 is 6.04 Å². The summed E-state index contributed by atoms with van der Waals surface area (Å²) < 4.78 is 1.77. The lowest BCUT2D eigenvalue weighted by atomic mass is 9.99. The number of nitrogens with one attached hydrogen (secondary N) is 1. The molecule has 1 aliphatic rings. The van der Waals surface area contributed by atoms with Crippen LogP contribution in [0.3, 0.4) is 0 Å². The third-order valence-corrected chi connectivity index (χ3v) is 6.25. The molecule has 164 valence electrons. The number of rotatable bonds is 5. The Bertz CT molecular complexity index is 1270. The maximum Gasteiger partial charge on any atom is 0.253 e. The van der Waals surface area contributed by atoms with Crippen LogP contribution in [0.4, 0.5) is 0 Å². The zero-order chi connectivity index (χ0) is 22.1. The molecule has 4 aromatic rings. The van der Waals surface area contributed by atoms with Gasteiger partial charge >= 0.3 is 0 Å². The number of aliphatic hydroxyl groups is 1. The van der Waals surface area contributed by atoms with Gasteiger partial charge in [-0.1, -0.05) is 48.5 Å². The molecule has 8 nitrogen and oxygen atoms in total. The second kappa shape index (κ2) is 8.64. The van der Waals surface area contributed by atoms with Gasteiger partial charge in [-0.25, -0.2) is 4.68 Å². The molecule has 1 fully saturated rings. The van der Waals surface area contributed by atoms with Crippen LogP contribution in [0, 0.1) is 6.92 Å². The van der Waals surface area contributed by atoms with E-state index in [2.05, 4.69) is 25.4 Å². The number of aromatic amines is 1. The van der Waals surface area contributed by atoms with Gasteiger partial charge in [0.1, 0.15) is 6.04 Å². The average molecular weight is 431 g/mol. The van der Waals surface area contributed by atoms with E-state index in [-0.39, 0.29) is 11.7 Å². The van der Waals surface area contributed by atoms with Crippen LogP contribution < -0.4 is 5.56 Å². The molecule has 3 heterocycles. The van der Waals surface area contributed by atoms with Crippen molar-refractivity contribution in [2.75, 3.05) is 13.1 Å². The third kappa shape index (κ3) is 3.94.